The molecule has 2 aliphatic rings. The van der Waals surface area contributed by atoms with Gasteiger partial charge in [-0.25, -0.2) is 0 Å². The van der Waals surface area contributed by atoms with E-state index in [4.69, 9.17) is 0 Å². The number of carbonyl (C=O) groups excluding carboxylic acids is 1. The van der Waals surface area contributed by atoms with E-state index in [0.717, 1.165) is 31.4 Å². The average molecular weight is 257 g/mol. The maximum absolute atomic E-state index is 11.8. The molecule has 1 saturated heterocycles. The second-order valence-corrected chi connectivity index (χ2v) is 6.32. The second kappa shape index (κ2) is 5.29. The molecule has 4 nitrogen and oxygen atoms in total. The number of hydrogen-bond acceptors (Lipinski definition) is 3. The lowest BCUT2D eigenvalue weighted by Gasteiger charge is -2.24. The first-order valence-electron chi connectivity index (χ1n) is 6.27. The summed E-state index contributed by atoms with van der Waals surface area (Å²) < 4.78 is 0. The van der Waals surface area contributed by atoms with Crippen LogP contribution in [0, 0.1) is 5.41 Å². The van der Waals surface area contributed by atoms with Crippen LogP contribution in [0.2, 0.25) is 0 Å². The van der Waals surface area contributed by atoms with Crippen LogP contribution in [0.5, 0.6) is 0 Å². The molecule has 5 heteroatoms. The zero-order chi connectivity index (χ0) is 12.3. The Balaban J connectivity index is 1.87. The van der Waals surface area contributed by atoms with Gasteiger partial charge in [0.1, 0.15) is 0 Å². The van der Waals surface area contributed by atoms with Gasteiger partial charge in [0.2, 0.25) is 5.91 Å². The van der Waals surface area contributed by atoms with E-state index in [1.165, 1.54) is 0 Å². The van der Waals surface area contributed by atoms with Crippen LogP contribution in [0.3, 0.4) is 0 Å². The van der Waals surface area contributed by atoms with Gasteiger partial charge in [-0.3, -0.25) is 9.59 Å². The van der Waals surface area contributed by atoms with Crippen LogP contribution in [-0.2, 0) is 9.59 Å². The third-order valence-corrected chi connectivity index (χ3v) is 5.21. The molecule has 96 valence electrons. The van der Waals surface area contributed by atoms with Crippen LogP contribution in [-0.4, -0.2) is 34.5 Å². The van der Waals surface area contributed by atoms with E-state index in [1.54, 1.807) is 11.8 Å². The van der Waals surface area contributed by atoms with Gasteiger partial charge in [0.15, 0.2) is 0 Å². The van der Waals surface area contributed by atoms with Gasteiger partial charge in [0.25, 0.3) is 0 Å². The fraction of sp³-hybridized carbons (Fsp3) is 0.833. The molecule has 1 heterocycles. The van der Waals surface area contributed by atoms with Crippen molar-refractivity contribution in [3.63, 3.8) is 0 Å². The van der Waals surface area contributed by atoms with Crippen LogP contribution in [0.25, 0.3) is 0 Å². The molecule has 0 aromatic rings. The Labute approximate surface area is 106 Å². The van der Waals surface area contributed by atoms with Crippen molar-refractivity contribution in [2.24, 2.45) is 5.41 Å². The van der Waals surface area contributed by atoms with E-state index in [-0.39, 0.29) is 11.2 Å². The van der Waals surface area contributed by atoms with Gasteiger partial charge >= 0.3 is 5.97 Å². The lowest BCUT2D eigenvalue weighted by atomic mass is 9.86. The van der Waals surface area contributed by atoms with E-state index in [1.807, 2.05) is 0 Å². The molecular weight excluding hydrogens is 238 g/mol. The molecule has 2 fully saturated rings. The third-order valence-electron chi connectivity index (χ3n) is 3.84. The number of thioether (sulfide) groups is 1. The van der Waals surface area contributed by atoms with Crippen molar-refractivity contribution in [3.05, 3.63) is 0 Å². The first-order chi connectivity index (χ1) is 8.14. The molecule has 1 amide bonds. The summed E-state index contributed by atoms with van der Waals surface area (Å²) in [5.74, 6) is 0.316. The largest absolute Gasteiger partial charge is 0.481 e. The highest BCUT2D eigenvalue weighted by atomic mass is 32.2. The Hall–Kier alpha value is -0.710. The van der Waals surface area contributed by atoms with E-state index >= 15 is 0 Å². The third kappa shape index (κ3) is 2.76. The van der Waals surface area contributed by atoms with Gasteiger partial charge in [0, 0.05) is 6.54 Å². The SMILES string of the molecule is O=C(NCC1(C(=O)O)CCCC1)C1CCCS1. The van der Waals surface area contributed by atoms with Crippen molar-refractivity contribution in [1.82, 2.24) is 5.32 Å². The van der Waals surface area contributed by atoms with Crippen molar-refractivity contribution >= 4 is 23.6 Å². The summed E-state index contributed by atoms with van der Waals surface area (Å²) in [7, 11) is 0. The Morgan fingerprint density at radius 2 is 2.00 bits per heavy atom. The van der Waals surface area contributed by atoms with Crippen molar-refractivity contribution in [1.29, 1.82) is 0 Å². The maximum atomic E-state index is 11.8. The topological polar surface area (TPSA) is 66.4 Å². The van der Waals surface area contributed by atoms with E-state index in [0.29, 0.717) is 19.4 Å². The predicted molar refractivity (Wildman–Crippen MR) is 67.0 cm³/mol. The summed E-state index contributed by atoms with van der Waals surface area (Å²) >= 11 is 1.68. The van der Waals surface area contributed by atoms with Crippen molar-refractivity contribution in [3.8, 4) is 0 Å². The lowest BCUT2D eigenvalue weighted by Crippen LogP contribution is -2.43. The fourth-order valence-electron chi connectivity index (χ4n) is 2.67. The maximum Gasteiger partial charge on any atom is 0.311 e. The normalized spacial score (nSPS) is 26.9. The fourth-order valence-corrected chi connectivity index (χ4v) is 3.86. The Morgan fingerprint density at radius 1 is 1.29 bits per heavy atom. The average Bonchev–Trinajstić information content (AvgIpc) is 2.97. The van der Waals surface area contributed by atoms with Crippen LogP contribution < -0.4 is 5.32 Å². The summed E-state index contributed by atoms with van der Waals surface area (Å²) in [5, 5.41) is 12.2. The minimum Gasteiger partial charge on any atom is -0.481 e. The van der Waals surface area contributed by atoms with Crippen LogP contribution >= 0.6 is 11.8 Å². The first-order valence-corrected chi connectivity index (χ1v) is 7.32. The van der Waals surface area contributed by atoms with Gasteiger partial charge in [-0.05, 0) is 31.4 Å². The van der Waals surface area contributed by atoms with E-state index in [2.05, 4.69) is 5.32 Å². The predicted octanol–water partition coefficient (Wildman–Crippen LogP) is 1.64. The van der Waals surface area contributed by atoms with Crippen molar-refractivity contribution < 1.29 is 14.7 Å². The Bertz CT molecular complexity index is 307. The molecule has 1 unspecified atom stereocenters. The molecule has 0 aromatic carbocycles. The number of carbonyl (C=O) groups is 2. The molecule has 1 aliphatic heterocycles. The standard InChI is InChI=1S/C12H19NO3S/c14-10(9-4-3-7-17-9)13-8-12(11(15)16)5-1-2-6-12/h9H,1-8H2,(H,13,14)(H,15,16). The molecule has 2 rings (SSSR count). The van der Waals surface area contributed by atoms with Crippen molar-refractivity contribution in [2.75, 3.05) is 12.3 Å². The lowest BCUT2D eigenvalue weighted by molar-refractivity contribution is -0.148. The molecule has 1 aliphatic carbocycles. The highest BCUT2D eigenvalue weighted by Crippen LogP contribution is 2.38. The van der Waals surface area contributed by atoms with Gasteiger partial charge in [-0.2, -0.15) is 0 Å². The number of nitrogens with one attached hydrogen (secondary N) is 1. The summed E-state index contributed by atoms with van der Waals surface area (Å²) in [4.78, 5) is 23.1. The summed E-state index contributed by atoms with van der Waals surface area (Å²) in [5.41, 5.74) is -0.696. The molecular formula is C12H19NO3S. The molecule has 17 heavy (non-hydrogen) atoms. The second-order valence-electron chi connectivity index (χ2n) is 5.01. The number of amides is 1. The highest BCUT2D eigenvalue weighted by Gasteiger charge is 2.41. The minimum absolute atomic E-state index is 0.0278. The van der Waals surface area contributed by atoms with Gasteiger partial charge in [0.05, 0.1) is 10.7 Å². The number of rotatable bonds is 4. The molecule has 2 N–H and O–H groups in total. The number of hydrogen-bond donors (Lipinski definition) is 2. The molecule has 0 radical (unpaired) electrons. The molecule has 0 bridgehead atoms. The van der Waals surface area contributed by atoms with Crippen molar-refractivity contribution in [2.45, 2.75) is 43.8 Å². The molecule has 1 atom stereocenters. The minimum atomic E-state index is -0.755. The quantitative estimate of drug-likeness (QED) is 0.803. The summed E-state index contributed by atoms with van der Waals surface area (Å²) in [6.45, 7) is 0.304. The van der Waals surface area contributed by atoms with E-state index < -0.39 is 11.4 Å². The molecule has 0 spiro atoms. The zero-order valence-corrected chi connectivity index (χ0v) is 10.7. The van der Waals surface area contributed by atoms with Gasteiger partial charge in [-0.1, -0.05) is 12.8 Å². The Morgan fingerprint density at radius 3 is 2.53 bits per heavy atom. The van der Waals surface area contributed by atoms with Gasteiger partial charge in [-0.15, -0.1) is 11.8 Å². The van der Waals surface area contributed by atoms with Crippen LogP contribution in [0.4, 0.5) is 0 Å². The van der Waals surface area contributed by atoms with Crippen LogP contribution in [0.15, 0.2) is 0 Å². The molecule has 1 saturated carbocycles. The smallest absolute Gasteiger partial charge is 0.311 e. The number of carboxylic acids is 1. The summed E-state index contributed by atoms with van der Waals surface area (Å²) in [6, 6.07) is 0. The van der Waals surface area contributed by atoms with E-state index in [9.17, 15) is 14.7 Å². The number of carboxylic acid groups (broad SMARTS) is 1. The van der Waals surface area contributed by atoms with Crippen LogP contribution in [0.1, 0.15) is 38.5 Å². The van der Waals surface area contributed by atoms with Gasteiger partial charge < -0.3 is 10.4 Å². The highest BCUT2D eigenvalue weighted by molar-refractivity contribution is 8.00. The Kier molecular flexibility index (Phi) is 3.97. The summed E-state index contributed by atoms with van der Waals surface area (Å²) in [6.07, 6.45) is 5.32. The monoisotopic (exact) mass is 257 g/mol. The first kappa shape index (κ1) is 12.7. The zero-order valence-electron chi connectivity index (χ0n) is 9.91. The molecule has 0 aromatic heterocycles. The number of aliphatic carboxylic acids is 1.